The summed E-state index contributed by atoms with van der Waals surface area (Å²) in [7, 11) is 0. The molecule has 2 rings (SSSR count). The van der Waals surface area contributed by atoms with Crippen LogP contribution in [-0.4, -0.2) is 22.7 Å². The van der Waals surface area contributed by atoms with Gasteiger partial charge in [-0.3, -0.25) is 4.98 Å². The molecule has 1 N–H and O–H groups in total. The van der Waals surface area contributed by atoms with Gasteiger partial charge < -0.3 is 9.84 Å². The summed E-state index contributed by atoms with van der Waals surface area (Å²) in [6.07, 6.45) is 0. The van der Waals surface area contributed by atoms with Crippen molar-refractivity contribution in [2.75, 3.05) is 0 Å². The van der Waals surface area contributed by atoms with E-state index >= 15 is 0 Å². The van der Waals surface area contributed by atoms with E-state index in [9.17, 15) is 13.6 Å². The molecule has 6 heteroatoms. The molecular formula is C14H11F2NO3. The lowest BCUT2D eigenvalue weighted by Crippen LogP contribution is -2.05. The largest absolute Gasteiger partial charge is 0.478 e. The fourth-order valence-electron chi connectivity index (χ4n) is 1.81. The Morgan fingerprint density at radius 3 is 2.55 bits per heavy atom. The number of para-hydroxylation sites is 1. The van der Waals surface area contributed by atoms with Crippen LogP contribution in [-0.2, 0) is 0 Å². The lowest BCUT2D eigenvalue weighted by molar-refractivity contribution is -0.0494. The maximum atomic E-state index is 12.3. The van der Waals surface area contributed by atoms with Gasteiger partial charge >= 0.3 is 12.6 Å². The van der Waals surface area contributed by atoms with Gasteiger partial charge in [-0.2, -0.15) is 8.78 Å². The zero-order valence-corrected chi connectivity index (χ0v) is 10.5. The molecule has 1 aromatic carbocycles. The number of rotatable bonds is 4. The minimum atomic E-state index is -2.93. The molecule has 0 unspecified atom stereocenters. The highest BCUT2D eigenvalue weighted by Gasteiger charge is 2.14. The van der Waals surface area contributed by atoms with Crippen LogP contribution in [0.3, 0.4) is 0 Å². The van der Waals surface area contributed by atoms with E-state index in [2.05, 4.69) is 9.72 Å². The van der Waals surface area contributed by atoms with Gasteiger partial charge in [-0.15, -0.1) is 0 Å². The van der Waals surface area contributed by atoms with E-state index in [4.69, 9.17) is 5.11 Å². The molecule has 0 atom stereocenters. The molecule has 1 aromatic heterocycles. The van der Waals surface area contributed by atoms with E-state index in [0.717, 1.165) is 0 Å². The topological polar surface area (TPSA) is 59.4 Å². The molecule has 0 aliphatic heterocycles. The van der Waals surface area contributed by atoms with Crippen molar-refractivity contribution in [1.82, 2.24) is 4.98 Å². The summed E-state index contributed by atoms with van der Waals surface area (Å²) in [6, 6.07) is 9.07. The van der Waals surface area contributed by atoms with Crippen LogP contribution in [0.15, 0.2) is 36.4 Å². The van der Waals surface area contributed by atoms with E-state index in [0.29, 0.717) is 17.0 Å². The molecule has 104 valence electrons. The molecule has 0 aliphatic rings. The highest BCUT2D eigenvalue weighted by atomic mass is 19.3. The Labute approximate surface area is 113 Å². The van der Waals surface area contributed by atoms with Crippen LogP contribution in [0.5, 0.6) is 5.75 Å². The molecule has 0 aliphatic carbocycles. The number of ether oxygens (including phenoxy) is 1. The molecule has 2 aromatic rings. The van der Waals surface area contributed by atoms with Gasteiger partial charge in [0.25, 0.3) is 0 Å². The number of carboxylic acid groups (broad SMARTS) is 1. The van der Waals surface area contributed by atoms with Gasteiger partial charge in [0.15, 0.2) is 0 Å². The molecule has 0 saturated carbocycles. The summed E-state index contributed by atoms with van der Waals surface area (Å²) in [5.41, 5.74) is 1.14. The second-order valence-corrected chi connectivity index (χ2v) is 4.01. The summed E-state index contributed by atoms with van der Waals surface area (Å²) in [4.78, 5) is 15.0. The maximum absolute atomic E-state index is 12.3. The van der Waals surface area contributed by atoms with Crippen LogP contribution >= 0.6 is 0 Å². The minimum Gasteiger partial charge on any atom is -0.478 e. The first-order valence-corrected chi connectivity index (χ1v) is 5.74. The molecule has 0 bridgehead atoms. The third-order valence-corrected chi connectivity index (χ3v) is 2.70. The SMILES string of the molecule is Cc1nc(-c2ccccc2OC(F)F)ccc1C(=O)O. The molecule has 0 fully saturated rings. The summed E-state index contributed by atoms with van der Waals surface area (Å²) < 4.78 is 29.1. The van der Waals surface area contributed by atoms with Crippen LogP contribution < -0.4 is 4.74 Å². The first kappa shape index (κ1) is 13.9. The number of benzene rings is 1. The Kier molecular flexibility index (Phi) is 3.93. The van der Waals surface area contributed by atoms with Crippen LogP contribution in [0, 0.1) is 6.92 Å². The molecule has 0 saturated heterocycles. The lowest BCUT2D eigenvalue weighted by atomic mass is 10.1. The predicted molar refractivity (Wildman–Crippen MR) is 68.0 cm³/mol. The quantitative estimate of drug-likeness (QED) is 0.932. The average molecular weight is 279 g/mol. The van der Waals surface area contributed by atoms with E-state index < -0.39 is 12.6 Å². The molecule has 1 heterocycles. The Bertz CT molecular complexity index is 644. The Morgan fingerprint density at radius 2 is 1.95 bits per heavy atom. The van der Waals surface area contributed by atoms with E-state index in [1.165, 1.54) is 18.2 Å². The van der Waals surface area contributed by atoms with Crippen molar-refractivity contribution in [3.05, 3.63) is 47.7 Å². The van der Waals surface area contributed by atoms with Crippen molar-refractivity contribution in [2.45, 2.75) is 13.5 Å². The first-order valence-electron chi connectivity index (χ1n) is 5.74. The second-order valence-electron chi connectivity index (χ2n) is 4.01. The smallest absolute Gasteiger partial charge is 0.387 e. The minimum absolute atomic E-state index is 0.00234. The molecule has 20 heavy (non-hydrogen) atoms. The van der Waals surface area contributed by atoms with Crippen molar-refractivity contribution >= 4 is 5.97 Å². The molecule has 4 nitrogen and oxygen atoms in total. The number of carbonyl (C=O) groups is 1. The fraction of sp³-hybridized carbons (Fsp3) is 0.143. The van der Waals surface area contributed by atoms with Crippen LogP contribution in [0.4, 0.5) is 8.78 Å². The van der Waals surface area contributed by atoms with Crippen LogP contribution in [0.25, 0.3) is 11.3 Å². The number of pyridine rings is 1. The normalized spacial score (nSPS) is 10.6. The third-order valence-electron chi connectivity index (χ3n) is 2.70. The zero-order chi connectivity index (χ0) is 14.7. The summed E-state index contributed by atoms with van der Waals surface area (Å²) >= 11 is 0. The van der Waals surface area contributed by atoms with Gasteiger partial charge in [0.2, 0.25) is 0 Å². The fourth-order valence-corrected chi connectivity index (χ4v) is 1.81. The molecule has 0 radical (unpaired) electrons. The van der Waals surface area contributed by atoms with Crippen molar-refractivity contribution in [2.24, 2.45) is 0 Å². The second kappa shape index (κ2) is 5.64. The maximum Gasteiger partial charge on any atom is 0.387 e. The number of nitrogens with zero attached hydrogens (tertiary/aromatic N) is 1. The van der Waals surface area contributed by atoms with Gasteiger partial charge in [0, 0.05) is 5.56 Å². The number of aromatic carboxylic acids is 1. The van der Waals surface area contributed by atoms with E-state index in [1.54, 1.807) is 25.1 Å². The summed E-state index contributed by atoms with van der Waals surface area (Å²) in [5.74, 6) is -1.09. The number of hydrogen-bond acceptors (Lipinski definition) is 3. The lowest BCUT2D eigenvalue weighted by Gasteiger charge is -2.11. The summed E-state index contributed by atoms with van der Waals surface area (Å²) in [5, 5.41) is 8.94. The Hall–Kier alpha value is -2.50. The van der Waals surface area contributed by atoms with Gasteiger partial charge in [0.1, 0.15) is 5.75 Å². The number of aryl methyl sites for hydroxylation is 1. The van der Waals surface area contributed by atoms with Gasteiger partial charge in [-0.25, -0.2) is 4.79 Å². The average Bonchev–Trinajstić information content (AvgIpc) is 2.38. The third kappa shape index (κ3) is 2.90. The molecular weight excluding hydrogens is 268 g/mol. The highest BCUT2D eigenvalue weighted by molar-refractivity contribution is 5.89. The van der Waals surface area contributed by atoms with Crippen LogP contribution in [0.2, 0.25) is 0 Å². The standard InChI is InChI=1S/C14H11F2NO3/c1-8-9(13(18)19)6-7-11(17-8)10-4-2-3-5-12(10)20-14(15)16/h2-7,14H,1H3,(H,18,19). The van der Waals surface area contributed by atoms with Crippen LogP contribution in [0.1, 0.15) is 16.1 Å². The van der Waals surface area contributed by atoms with Crippen molar-refractivity contribution in [3.63, 3.8) is 0 Å². The number of hydrogen-bond donors (Lipinski definition) is 1. The van der Waals surface area contributed by atoms with Gasteiger partial charge in [-0.05, 0) is 31.2 Å². The first-order chi connectivity index (χ1) is 9.49. The van der Waals surface area contributed by atoms with Crippen molar-refractivity contribution in [3.8, 4) is 17.0 Å². The summed E-state index contributed by atoms with van der Waals surface area (Å²) in [6.45, 7) is -1.39. The number of halogens is 2. The predicted octanol–water partition coefficient (Wildman–Crippen LogP) is 3.36. The number of aromatic nitrogens is 1. The van der Waals surface area contributed by atoms with Crippen molar-refractivity contribution < 1.29 is 23.4 Å². The number of carboxylic acids is 1. The monoisotopic (exact) mass is 279 g/mol. The van der Waals surface area contributed by atoms with Gasteiger partial charge in [0.05, 0.1) is 17.0 Å². The molecule has 0 amide bonds. The van der Waals surface area contributed by atoms with E-state index in [-0.39, 0.29) is 11.3 Å². The van der Waals surface area contributed by atoms with Crippen molar-refractivity contribution in [1.29, 1.82) is 0 Å². The Balaban J connectivity index is 2.46. The molecule has 0 spiro atoms. The van der Waals surface area contributed by atoms with Gasteiger partial charge in [-0.1, -0.05) is 12.1 Å². The number of alkyl halides is 2. The van der Waals surface area contributed by atoms with E-state index in [1.807, 2.05) is 0 Å². The zero-order valence-electron chi connectivity index (χ0n) is 10.5. The Morgan fingerprint density at radius 1 is 1.25 bits per heavy atom. The highest BCUT2D eigenvalue weighted by Crippen LogP contribution is 2.30.